The molecule has 0 saturated heterocycles. The van der Waals surface area contributed by atoms with Crippen LogP contribution in [0.25, 0.3) is 33.7 Å². The lowest BCUT2D eigenvalue weighted by Crippen LogP contribution is -2.12. The molecule has 0 radical (unpaired) electrons. The van der Waals surface area contributed by atoms with Gasteiger partial charge in [-0.05, 0) is 41.5 Å². The van der Waals surface area contributed by atoms with Crippen LogP contribution in [0, 0.1) is 0 Å². The zero-order valence-corrected chi connectivity index (χ0v) is 17.0. The topological polar surface area (TPSA) is 95.4 Å². The lowest BCUT2D eigenvalue weighted by atomic mass is 10.1. The molecule has 0 aliphatic heterocycles. The van der Waals surface area contributed by atoms with Crippen molar-refractivity contribution in [3.63, 3.8) is 0 Å². The predicted molar refractivity (Wildman–Crippen MR) is 117 cm³/mol. The van der Waals surface area contributed by atoms with Crippen molar-refractivity contribution in [3.05, 3.63) is 84.4 Å². The van der Waals surface area contributed by atoms with Crippen LogP contribution in [0.4, 0.5) is 19.0 Å². The lowest BCUT2D eigenvalue weighted by Gasteiger charge is -2.12. The second-order valence-electron chi connectivity index (χ2n) is 7.26. The highest BCUT2D eigenvalue weighted by molar-refractivity contribution is 5.89. The molecule has 5 rings (SSSR count). The minimum Gasteiger partial charge on any atom is -0.383 e. The van der Waals surface area contributed by atoms with Gasteiger partial charge in [-0.25, -0.2) is 19.6 Å². The van der Waals surface area contributed by atoms with Gasteiger partial charge in [0.05, 0.1) is 17.5 Å². The third-order valence-electron chi connectivity index (χ3n) is 5.17. The van der Waals surface area contributed by atoms with E-state index in [2.05, 4.69) is 25.0 Å². The van der Waals surface area contributed by atoms with Gasteiger partial charge in [0.15, 0.2) is 11.5 Å². The van der Waals surface area contributed by atoms with Gasteiger partial charge in [-0.1, -0.05) is 18.2 Å². The smallest absolute Gasteiger partial charge is 0.383 e. The monoisotopic (exact) mass is 447 g/mol. The molecule has 0 unspecified atom stereocenters. The first-order chi connectivity index (χ1) is 15.9. The third kappa shape index (κ3) is 3.86. The number of hydrogen-bond donors (Lipinski definition) is 1. The summed E-state index contributed by atoms with van der Waals surface area (Å²) in [5.74, 6) is 0.506. The van der Waals surface area contributed by atoms with E-state index in [1.54, 1.807) is 55.1 Å². The summed E-state index contributed by atoms with van der Waals surface area (Å²) in [6, 6.07) is 12.5. The normalized spacial score (nSPS) is 11.7. The van der Waals surface area contributed by atoms with Crippen molar-refractivity contribution in [2.24, 2.45) is 0 Å². The number of alkyl halides is 3. The van der Waals surface area contributed by atoms with Crippen molar-refractivity contribution in [1.29, 1.82) is 0 Å². The van der Waals surface area contributed by atoms with Crippen molar-refractivity contribution in [3.8, 4) is 22.6 Å². The number of rotatable bonds is 4. The first-order valence-electron chi connectivity index (χ1n) is 9.92. The number of hydrogen-bond acceptors (Lipinski definition) is 6. The Morgan fingerprint density at radius 1 is 0.909 bits per heavy atom. The standard InChI is InChI=1S/C23H16F3N7/c24-23(25,26)18-6-2-1-4-15(18)13-33-22-16(5-3-9-29-22)19(32-33)21-30-12-17(20(27)31-21)14-7-10-28-11-8-14/h1-12H,13H2,(H2,27,30,31). The van der Waals surface area contributed by atoms with Crippen molar-refractivity contribution in [2.45, 2.75) is 12.7 Å². The number of pyridine rings is 2. The van der Waals surface area contributed by atoms with Crippen molar-refractivity contribution < 1.29 is 13.2 Å². The molecular formula is C23H16F3N7. The van der Waals surface area contributed by atoms with Crippen LogP contribution in [0.3, 0.4) is 0 Å². The Balaban J connectivity index is 1.59. The van der Waals surface area contributed by atoms with E-state index in [-0.39, 0.29) is 23.8 Å². The van der Waals surface area contributed by atoms with Gasteiger partial charge in [0.2, 0.25) is 0 Å². The number of fused-ring (bicyclic) bond motifs is 1. The second-order valence-corrected chi connectivity index (χ2v) is 7.26. The third-order valence-corrected chi connectivity index (χ3v) is 5.17. The fraction of sp³-hybridized carbons (Fsp3) is 0.0870. The summed E-state index contributed by atoms with van der Waals surface area (Å²) >= 11 is 0. The van der Waals surface area contributed by atoms with Crippen LogP contribution in [-0.2, 0) is 12.7 Å². The quantitative estimate of drug-likeness (QED) is 0.433. The molecule has 0 aliphatic carbocycles. The molecule has 5 aromatic rings. The molecule has 0 fully saturated rings. The fourth-order valence-corrected chi connectivity index (χ4v) is 3.64. The van der Waals surface area contributed by atoms with Crippen LogP contribution in [0.1, 0.15) is 11.1 Å². The Labute approximate surface area is 185 Å². The highest BCUT2D eigenvalue weighted by Crippen LogP contribution is 2.33. The fourth-order valence-electron chi connectivity index (χ4n) is 3.64. The summed E-state index contributed by atoms with van der Waals surface area (Å²) in [5.41, 5.74) is 7.82. The van der Waals surface area contributed by atoms with E-state index in [4.69, 9.17) is 5.73 Å². The summed E-state index contributed by atoms with van der Waals surface area (Å²) in [5, 5.41) is 5.13. The molecule has 0 spiro atoms. The molecule has 7 nitrogen and oxygen atoms in total. The summed E-state index contributed by atoms with van der Waals surface area (Å²) in [4.78, 5) is 17.1. The number of nitrogens with zero attached hydrogens (tertiary/aromatic N) is 6. The second kappa shape index (κ2) is 7.97. The maximum absolute atomic E-state index is 13.5. The highest BCUT2D eigenvalue weighted by atomic mass is 19.4. The molecule has 1 aromatic carbocycles. The lowest BCUT2D eigenvalue weighted by molar-refractivity contribution is -0.138. The number of benzene rings is 1. The molecule has 33 heavy (non-hydrogen) atoms. The molecule has 164 valence electrons. The van der Waals surface area contributed by atoms with Crippen LogP contribution < -0.4 is 5.73 Å². The summed E-state index contributed by atoms with van der Waals surface area (Å²) in [7, 11) is 0. The van der Waals surface area contributed by atoms with Gasteiger partial charge in [-0.2, -0.15) is 18.3 Å². The Bertz CT molecular complexity index is 1450. The van der Waals surface area contributed by atoms with Crippen molar-refractivity contribution in [2.75, 3.05) is 5.73 Å². The maximum Gasteiger partial charge on any atom is 0.416 e. The Morgan fingerprint density at radius 3 is 2.45 bits per heavy atom. The van der Waals surface area contributed by atoms with E-state index in [1.165, 1.54) is 16.8 Å². The number of aromatic nitrogens is 6. The van der Waals surface area contributed by atoms with Crippen LogP contribution in [0.5, 0.6) is 0 Å². The Morgan fingerprint density at radius 2 is 1.70 bits per heavy atom. The van der Waals surface area contributed by atoms with Crippen LogP contribution in [-0.4, -0.2) is 29.7 Å². The van der Waals surface area contributed by atoms with Crippen LogP contribution in [0.2, 0.25) is 0 Å². The Kier molecular flexibility index (Phi) is 4.97. The predicted octanol–water partition coefficient (Wildman–Crippen LogP) is 4.60. The SMILES string of the molecule is Nc1nc(-c2nn(Cc3ccccc3C(F)(F)F)c3ncccc23)ncc1-c1ccncc1. The number of halogens is 3. The molecule has 4 heterocycles. The Hall–Kier alpha value is -4.34. The minimum absolute atomic E-state index is 0.0834. The minimum atomic E-state index is -4.48. The average molecular weight is 447 g/mol. The number of nitrogens with two attached hydrogens (primary N) is 1. The molecule has 0 saturated carbocycles. The molecule has 10 heteroatoms. The van der Waals surface area contributed by atoms with Crippen molar-refractivity contribution >= 4 is 16.9 Å². The van der Waals surface area contributed by atoms with Gasteiger partial charge in [-0.15, -0.1) is 0 Å². The zero-order valence-electron chi connectivity index (χ0n) is 17.0. The summed E-state index contributed by atoms with van der Waals surface area (Å²) in [6.45, 7) is -0.117. The van der Waals surface area contributed by atoms with E-state index >= 15 is 0 Å². The van der Waals surface area contributed by atoms with E-state index in [0.29, 0.717) is 22.3 Å². The van der Waals surface area contributed by atoms with E-state index < -0.39 is 11.7 Å². The van der Waals surface area contributed by atoms with Gasteiger partial charge in [0.25, 0.3) is 0 Å². The van der Waals surface area contributed by atoms with Gasteiger partial charge in [0, 0.05) is 30.4 Å². The van der Waals surface area contributed by atoms with Gasteiger partial charge < -0.3 is 5.73 Å². The average Bonchev–Trinajstić information content (AvgIpc) is 3.18. The van der Waals surface area contributed by atoms with E-state index in [1.807, 2.05) is 0 Å². The molecule has 0 bridgehead atoms. The van der Waals surface area contributed by atoms with Gasteiger partial charge in [-0.3, -0.25) is 4.98 Å². The van der Waals surface area contributed by atoms with Crippen LogP contribution >= 0.6 is 0 Å². The van der Waals surface area contributed by atoms with E-state index in [9.17, 15) is 13.2 Å². The summed E-state index contributed by atoms with van der Waals surface area (Å²) < 4.78 is 41.8. The van der Waals surface area contributed by atoms with Gasteiger partial charge >= 0.3 is 6.18 Å². The zero-order chi connectivity index (χ0) is 23.0. The summed E-state index contributed by atoms with van der Waals surface area (Å²) in [6.07, 6.45) is 1.95. The highest BCUT2D eigenvalue weighted by Gasteiger charge is 2.33. The molecule has 0 aliphatic rings. The van der Waals surface area contributed by atoms with Crippen molar-refractivity contribution in [1.82, 2.24) is 29.7 Å². The number of nitrogen functional groups attached to an aromatic ring is 1. The molecule has 0 amide bonds. The molecule has 2 N–H and O–H groups in total. The van der Waals surface area contributed by atoms with E-state index in [0.717, 1.165) is 11.6 Å². The molecule has 4 aromatic heterocycles. The van der Waals surface area contributed by atoms with Gasteiger partial charge in [0.1, 0.15) is 11.5 Å². The largest absolute Gasteiger partial charge is 0.416 e. The first kappa shape index (κ1) is 20.6. The van der Waals surface area contributed by atoms with Crippen LogP contribution in [0.15, 0.2) is 73.3 Å². The molecule has 0 atom stereocenters. The maximum atomic E-state index is 13.5. The molecular weight excluding hydrogens is 431 g/mol. The first-order valence-corrected chi connectivity index (χ1v) is 9.92. The number of anilines is 1.